The Hall–Kier alpha value is -2.48. The topological polar surface area (TPSA) is 61.4 Å². The standard InChI is InChI=1S/C21H21N3O2S2/c1-14(25)22-15-4-6-16(7-5-15)23-20(26)13-24-10-8-18-17(9-12-28-18)21(24)19-3-2-11-27-19/h2-7,9,11-12,21H,8,10,13H2,1H3,(H,22,25)(H,23,26)/t21-/m0/s1. The minimum absolute atomic E-state index is 0.0347. The highest BCUT2D eigenvalue weighted by molar-refractivity contribution is 7.10. The number of nitrogens with one attached hydrogen (secondary N) is 2. The molecule has 0 saturated heterocycles. The van der Waals surface area contributed by atoms with E-state index in [-0.39, 0.29) is 17.9 Å². The summed E-state index contributed by atoms with van der Waals surface area (Å²) in [5.74, 6) is -0.151. The molecule has 0 spiro atoms. The summed E-state index contributed by atoms with van der Waals surface area (Å²) >= 11 is 3.54. The van der Waals surface area contributed by atoms with E-state index < -0.39 is 0 Å². The summed E-state index contributed by atoms with van der Waals surface area (Å²) in [6.07, 6.45) is 0.980. The van der Waals surface area contributed by atoms with E-state index in [4.69, 9.17) is 0 Å². The number of fused-ring (bicyclic) bond motifs is 1. The zero-order valence-corrected chi connectivity index (χ0v) is 17.1. The van der Waals surface area contributed by atoms with Crippen molar-refractivity contribution in [2.75, 3.05) is 23.7 Å². The summed E-state index contributed by atoms with van der Waals surface area (Å²) in [5, 5.41) is 9.92. The Morgan fingerprint density at radius 3 is 2.46 bits per heavy atom. The van der Waals surface area contributed by atoms with Crippen molar-refractivity contribution in [2.45, 2.75) is 19.4 Å². The van der Waals surface area contributed by atoms with Crippen LogP contribution in [-0.2, 0) is 16.0 Å². The Morgan fingerprint density at radius 2 is 1.79 bits per heavy atom. The van der Waals surface area contributed by atoms with E-state index in [1.54, 1.807) is 46.9 Å². The molecule has 0 radical (unpaired) electrons. The maximum Gasteiger partial charge on any atom is 0.238 e. The van der Waals surface area contributed by atoms with Gasteiger partial charge >= 0.3 is 0 Å². The van der Waals surface area contributed by atoms with Gasteiger partial charge in [0.2, 0.25) is 11.8 Å². The fraction of sp³-hybridized carbons (Fsp3) is 0.238. The van der Waals surface area contributed by atoms with Crippen molar-refractivity contribution in [1.29, 1.82) is 0 Å². The molecule has 0 aliphatic carbocycles. The molecule has 3 heterocycles. The minimum atomic E-state index is -0.116. The molecule has 1 aromatic carbocycles. The van der Waals surface area contributed by atoms with Crippen LogP contribution in [0.1, 0.15) is 28.3 Å². The van der Waals surface area contributed by atoms with Crippen molar-refractivity contribution in [1.82, 2.24) is 4.90 Å². The maximum atomic E-state index is 12.7. The number of hydrogen-bond donors (Lipinski definition) is 2. The van der Waals surface area contributed by atoms with E-state index in [9.17, 15) is 9.59 Å². The van der Waals surface area contributed by atoms with Crippen molar-refractivity contribution in [3.63, 3.8) is 0 Å². The van der Waals surface area contributed by atoms with Crippen molar-refractivity contribution < 1.29 is 9.59 Å². The van der Waals surface area contributed by atoms with Crippen molar-refractivity contribution in [2.24, 2.45) is 0 Å². The number of anilines is 2. The molecule has 7 heteroatoms. The number of carbonyl (C=O) groups excluding carboxylic acids is 2. The molecule has 28 heavy (non-hydrogen) atoms. The third kappa shape index (κ3) is 4.16. The molecule has 1 atom stereocenters. The third-order valence-corrected chi connectivity index (χ3v) is 6.64. The van der Waals surface area contributed by atoms with Gasteiger partial charge in [-0.15, -0.1) is 22.7 Å². The SMILES string of the molecule is CC(=O)Nc1ccc(NC(=O)CN2CCc3sccc3[C@H]2c2cccs2)cc1. The zero-order chi connectivity index (χ0) is 19.5. The Kier molecular flexibility index (Phi) is 5.57. The lowest BCUT2D eigenvalue weighted by atomic mass is 9.98. The van der Waals surface area contributed by atoms with E-state index in [1.165, 1.54) is 22.2 Å². The van der Waals surface area contributed by atoms with Crippen LogP contribution in [0.5, 0.6) is 0 Å². The largest absolute Gasteiger partial charge is 0.326 e. The molecule has 4 rings (SSSR count). The minimum Gasteiger partial charge on any atom is -0.326 e. The predicted octanol–water partition coefficient (Wildman–Crippen LogP) is 4.35. The van der Waals surface area contributed by atoms with Gasteiger partial charge in [0.25, 0.3) is 0 Å². The summed E-state index contributed by atoms with van der Waals surface area (Å²) in [6, 6.07) is 13.7. The monoisotopic (exact) mass is 411 g/mol. The van der Waals surface area contributed by atoms with Crippen LogP contribution in [0, 0.1) is 0 Å². The maximum absolute atomic E-state index is 12.7. The average molecular weight is 412 g/mol. The van der Waals surface area contributed by atoms with E-state index in [0.717, 1.165) is 18.7 Å². The number of amides is 2. The average Bonchev–Trinajstić information content (AvgIpc) is 3.34. The third-order valence-electron chi connectivity index (χ3n) is 4.71. The molecule has 0 unspecified atom stereocenters. The fourth-order valence-corrected chi connectivity index (χ4v) is 5.32. The first-order chi connectivity index (χ1) is 13.6. The second kappa shape index (κ2) is 8.26. The Morgan fingerprint density at radius 1 is 1.04 bits per heavy atom. The van der Waals surface area contributed by atoms with Crippen LogP contribution in [0.2, 0.25) is 0 Å². The number of rotatable bonds is 5. The highest BCUT2D eigenvalue weighted by Gasteiger charge is 2.31. The molecule has 3 aromatic rings. The molecular weight excluding hydrogens is 390 g/mol. The number of carbonyl (C=O) groups is 2. The molecule has 0 bridgehead atoms. The summed E-state index contributed by atoms with van der Waals surface area (Å²) in [6.45, 7) is 2.67. The Labute approximate surface area is 172 Å². The molecule has 1 aliphatic rings. The summed E-state index contributed by atoms with van der Waals surface area (Å²) in [4.78, 5) is 28.7. The quantitative estimate of drug-likeness (QED) is 0.656. The van der Waals surface area contributed by atoms with Gasteiger partial charge in [0, 0.05) is 34.6 Å². The number of hydrogen-bond acceptors (Lipinski definition) is 5. The predicted molar refractivity (Wildman–Crippen MR) is 115 cm³/mol. The van der Waals surface area contributed by atoms with E-state index >= 15 is 0 Å². The van der Waals surface area contributed by atoms with E-state index in [2.05, 4.69) is 44.5 Å². The highest BCUT2D eigenvalue weighted by Crippen LogP contribution is 2.39. The Balaban J connectivity index is 1.45. The first-order valence-electron chi connectivity index (χ1n) is 9.11. The molecule has 0 saturated carbocycles. The van der Waals surface area contributed by atoms with Crippen molar-refractivity contribution in [3.8, 4) is 0 Å². The van der Waals surface area contributed by atoms with Gasteiger partial charge in [-0.1, -0.05) is 6.07 Å². The van der Waals surface area contributed by atoms with Gasteiger partial charge in [0.05, 0.1) is 12.6 Å². The van der Waals surface area contributed by atoms with E-state index in [1.807, 2.05) is 0 Å². The molecular formula is C21H21N3O2S2. The highest BCUT2D eigenvalue weighted by atomic mass is 32.1. The van der Waals surface area contributed by atoms with Gasteiger partial charge in [-0.3, -0.25) is 14.5 Å². The van der Waals surface area contributed by atoms with E-state index in [0.29, 0.717) is 12.2 Å². The number of thiophene rings is 2. The van der Waals surface area contributed by atoms with Crippen LogP contribution in [0.15, 0.2) is 53.2 Å². The molecule has 1 aliphatic heterocycles. The lowest BCUT2D eigenvalue weighted by molar-refractivity contribution is -0.118. The van der Waals surface area contributed by atoms with Gasteiger partial charge in [-0.25, -0.2) is 0 Å². The van der Waals surface area contributed by atoms with Crippen molar-refractivity contribution in [3.05, 3.63) is 68.5 Å². The molecule has 0 fully saturated rings. The van der Waals surface area contributed by atoms with Crippen LogP contribution < -0.4 is 10.6 Å². The first-order valence-corrected chi connectivity index (χ1v) is 10.9. The number of nitrogens with zero attached hydrogens (tertiary/aromatic N) is 1. The molecule has 2 aromatic heterocycles. The van der Waals surface area contributed by atoms with Crippen LogP contribution in [0.25, 0.3) is 0 Å². The van der Waals surface area contributed by atoms with Gasteiger partial charge < -0.3 is 10.6 Å². The van der Waals surface area contributed by atoms with Crippen LogP contribution in [-0.4, -0.2) is 29.8 Å². The van der Waals surface area contributed by atoms with Crippen LogP contribution in [0.4, 0.5) is 11.4 Å². The van der Waals surface area contributed by atoms with Crippen molar-refractivity contribution >= 4 is 45.9 Å². The lowest BCUT2D eigenvalue weighted by Crippen LogP contribution is -2.40. The van der Waals surface area contributed by atoms with Crippen LogP contribution >= 0.6 is 22.7 Å². The second-order valence-electron chi connectivity index (χ2n) is 6.74. The summed E-state index contributed by atoms with van der Waals surface area (Å²) in [5.41, 5.74) is 2.76. The smallest absolute Gasteiger partial charge is 0.238 e. The van der Waals surface area contributed by atoms with Gasteiger partial charge in [0.1, 0.15) is 0 Å². The lowest BCUT2D eigenvalue weighted by Gasteiger charge is -2.34. The normalized spacial score (nSPS) is 16.4. The summed E-state index contributed by atoms with van der Waals surface area (Å²) < 4.78 is 0. The number of benzene rings is 1. The van der Waals surface area contributed by atoms with Gasteiger partial charge in [0.15, 0.2) is 0 Å². The van der Waals surface area contributed by atoms with Crippen LogP contribution in [0.3, 0.4) is 0 Å². The Bertz CT molecular complexity index is 964. The van der Waals surface area contributed by atoms with Gasteiger partial charge in [-0.2, -0.15) is 0 Å². The molecule has 2 amide bonds. The molecule has 144 valence electrons. The summed E-state index contributed by atoms with van der Waals surface area (Å²) in [7, 11) is 0. The molecule has 5 nitrogen and oxygen atoms in total. The first kappa shape index (κ1) is 18.9. The second-order valence-corrected chi connectivity index (χ2v) is 8.72. The van der Waals surface area contributed by atoms with Gasteiger partial charge in [-0.05, 0) is 59.1 Å². The zero-order valence-electron chi connectivity index (χ0n) is 15.5. The fourth-order valence-electron chi connectivity index (χ4n) is 3.54. The molecule has 2 N–H and O–H groups in total.